The summed E-state index contributed by atoms with van der Waals surface area (Å²) in [4.78, 5) is 14.9. The van der Waals surface area contributed by atoms with E-state index in [0.717, 1.165) is 23.7 Å². The number of imidazole rings is 1. The molecule has 0 unspecified atom stereocenters. The lowest BCUT2D eigenvalue weighted by Gasteiger charge is -2.24. The van der Waals surface area contributed by atoms with Gasteiger partial charge in [0.05, 0.1) is 5.69 Å². The van der Waals surface area contributed by atoms with Crippen LogP contribution < -0.4 is 11.4 Å². The van der Waals surface area contributed by atoms with Crippen LogP contribution in [0.4, 0.5) is 5.69 Å². The van der Waals surface area contributed by atoms with Gasteiger partial charge in [-0.05, 0) is 43.0 Å². The number of rotatable bonds is 4. The van der Waals surface area contributed by atoms with Crippen molar-refractivity contribution in [1.82, 2.24) is 9.55 Å². The van der Waals surface area contributed by atoms with Crippen molar-refractivity contribution in [2.45, 2.75) is 32.1 Å². The molecule has 0 bridgehead atoms. The lowest BCUT2D eigenvalue weighted by molar-refractivity contribution is 0.295. The summed E-state index contributed by atoms with van der Waals surface area (Å²) in [5.74, 6) is 0.864. The van der Waals surface area contributed by atoms with Gasteiger partial charge in [0.15, 0.2) is 0 Å². The van der Waals surface area contributed by atoms with Crippen LogP contribution >= 0.6 is 0 Å². The molecule has 1 saturated carbocycles. The van der Waals surface area contributed by atoms with Crippen LogP contribution in [0, 0.1) is 5.92 Å². The number of nitrogens with zero attached hydrogens (tertiary/aromatic N) is 1. The molecule has 0 radical (unpaired) electrons. The van der Waals surface area contributed by atoms with E-state index in [9.17, 15) is 4.79 Å². The largest absolute Gasteiger partial charge is 0.399 e. The molecule has 0 atom stereocenters. The van der Waals surface area contributed by atoms with Crippen LogP contribution in [-0.4, -0.2) is 9.55 Å². The fraction of sp³-hybridized carbons (Fsp3) is 0.400. The average molecular weight is 257 g/mol. The van der Waals surface area contributed by atoms with Crippen LogP contribution in [0.2, 0.25) is 0 Å². The van der Waals surface area contributed by atoms with E-state index in [1.54, 1.807) is 4.57 Å². The van der Waals surface area contributed by atoms with Gasteiger partial charge in [0.1, 0.15) is 0 Å². The summed E-state index contributed by atoms with van der Waals surface area (Å²) in [6.07, 6.45) is 8.12. The van der Waals surface area contributed by atoms with Crippen LogP contribution in [0.3, 0.4) is 0 Å². The van der Waals surface area contributed by atoms with E-state index >= 15 is 0 Å². The molecule has 19 heavy (non-hydrogen) atoms. The highest BCUT2D eigenvalue weighted by Gasteiger charge is 2.17. The number of hydrogen-bond donors (Lipinski definition) is 2. The quantitative estimate of drug-likeness (QED) is 0.826. The van der Waals surface area contributed by atoms with Crippen LogP contribution in [0.25, 0.3) is 5.69 Å². The maximum Gasteiger partial charge on any atom is 0.330 e. The third-order valence-corrected chi connectivity index (χ3v) is 3.99. The molecule has 1 aliphatic rings. The Bertz CT molecular complexity index is 605. The Morgan fingerprint density at radius 3 is 2.63 bits per heavy atom. The Balaban J connectivity index is 1.76. The number of aromatic amines is 1. The molecular weight excluding hydrogens is 238 g/mol. The molecule has 1 fully saturated rings. The fourth-order valence-electron chi connectivity index (χ4n) is 2.54. The van der Waals surface area contributed by atoms with Gasteiger partial charge >= 0.3 is 5.69 Å². The summed E-state index contributed by atoms with van der Waals surface area (Å²) in [5, 5.41) is 0. The van der Waals surface area contributed by atoms with Gasteiger partial charge in [-0.25, -0.2) is 4.79 Å². The van der Waals surface area contributed by atoms with E-state index in [2.05, 4.69) is 4.98 Å². The molecule has 4 heteroatoms. The zero-order valence-corrected chi connectivity index (χ0v) is 10.9. The predicted molar refractivity (Wildman–Crippen MR) is 76.5 cm³/mol. The van der Waals surface area contributed by atoms with Crippen molar-refractivity contribution in [3.63, 3.8) is 0 Å². The second-order valence-corrected chi connectivity index (χ2v) is 5.38. The number of benzene rings is 1. The lowest BCUT2D eigenvalue weighted by Crippen LogP contribution is -2.14. The molecule has 1 aromatic heterocycles. The zero-order chi connectivity index (χ0) is 13.2. The van der Waals surface area contributed by atoms with Crippen LogP contribution in [-0.2, 0) is 6.42 Å². The monoisotopic (exact) mass is 257 g/mol. The van der Waals surface area contributed by atoms with Crippen molar-refractivity contribution in [1.29, 1.82) is 0 Å². The first-order valence-corrected chi connectivity index (χ1v) is 6.89. The Kier molecular flexibility index (Phi) is 3.15. The minimum Gasteiger partial charge on any atom is -0.399 e. The molecular formula is C15H19N3O. The summed E-state index contributed by atoms with van der Waals surface area (Å²) in [7, 11) is 0. The van der Waals surface area contributed by atoms with Crippen LogP contribution in [0.5, 0.6) is 0 Å². The average Bonchev–Trinajstić information content (AvgIpc) is 2.70. The van der Waals surface area contributed by atoms with Gasteiger partial charge in [0.25, 0.3) is 0 Å². The smallest absolute Gasteiger partial charge is 0.330 e. The Morgan fingerprint density at radius 1 is 1.26 bits per heavy atom. The molecule has 3 N–H and O–H groups in total. The third kappa shape index (κ3) is 2.57. The van der Waals surface area contributed by atoms with Crippen molar-refractivity contribution in [2.24, 2.45) is 5.92 Å². The number of nitrogens with one attached hydrogen (secondary N) is 1. The van der Waals surface area contributed by atoms with E-state index in [1.165, 1.54) is 25.7 Å². The molecule has 4 nitrogen and oxygen atoms in total. The van der Waals surface area contributed by atoms with Gasteiger partial charge in [0.2, 0.25) is 0 Å². The topological polar surface area (TPSA) is 63.8 Å². The molecule has 1 aliphatic carbocycles. The van der Waals surface area contributed by atoms with E-state index in [1.807, 2.05) is 30.5 Å². The predicted octanol–water partition coefficient (Wildman–Crippen LogP) is 2.48. The standard InChI is InChI=1S/C15H19N3O/c16-12-5-8-14(9-6-12)18-10-13(17-15(18)19)7-4-11-2-1-3-11/h5-6,8-11H,1-4,7,16H2,(H,17,19). The van der Waals surface area contributed by atoms with Gasteiger partial charge in [-0.3, -0.25) is 4.57 Å². The summed E-state index contributed by atoms with van der Waals surface area (Å²) in [6.45, 7) is 0. The zero-order valence-electron chi connectivity index (χ0n) is 10.9. The number of aryl methyl sites for hydroxylation is 1. The second kappa shape index (κ2) is 4.96. The van der Waals surface area contributed by atoms with Crippen molar-refractivity contribution in [2.75, 3.05) is 5.73 Å². The highest BCUT2D eigenvalue weighted by molar-refractivity contribution is 5.45. The summed E-state index contributed by atoms with van der Waals surface area (Å²) >= 11 is 0. The molecule has 0 spiro atoms. The summed E-state index contributed by atoms with van der Waals surface area (Å²) in [5.41, 5.74) is 8.16. The van der Waals surface area contributed by atoms with Crippen LogP contribution in [0.1, 0.15) is 31.4 Å². The molecule has 0 amide bonds. The van der Waals surface area contributed by atoms with Gasteiger partial charge in [-0.15, -0.1) is 0 Å². The molecule has 2 aromatic rings. The first-order chi connectivity index (χ1) is 9.22. The number of H-pyrrole nitrogens is 1. The van der Waals surface area contributed by atoms with Crippen molar-refractivity contribution in [3.8, 4) is 5.69 Å². The minimum atomic E-state index is -0.0756. The maximum atomic E-state index is 11.9. The highest BCUT2D eigenvalue weighted by atomic mass is 16.1. The SMILES string of the molecule is Nc1ccc(-n2cc(CCC3CCC3)[nH]c2=O)cc1. The van der Waals surface area contributed by atoms with E-state index < -0.39 is 0 Å². The lowest BCUT2D eigenvalue weighted by atomic mass is 9.82. The number of hydrogen-bond acceptors (Lipinski definition) is 2. The van der Waals surface area contributed by atoms with Gasteiger partial charge in [0, 0.05) is 17.6 Å². The minimum absolute atomic E-state index is 0.0756. The third-order valence-electron chi connectivity index (χ3n) is 3.99. The summed E-state index contributed by atoms with van der Waals surface area (Å²) in [6, 6.07) is 7.34. The first-order valence-electron chi connectivity index (χ1n) is 6.89. The number of nitrogens with two attached hydrogens (primary N) is 1. The first kappa shape index (κ1) is 12.1. The maximum absolute atomic E-state index is 11.9. The van der Waals surface area contributed by atoms with E-state index in [0.29, 0.717) is 5.69 Å². The number of aromatic nitrogens is 2. The van der Waals surface area contributed by atoms with Crippen molar-refractivity contribution >= 4 is 5.69 Å². The van der Waals surface area contributed by atoms with Crippen LogP contribution in [0.15, 0.2) is 35.3 Å². The Labute approximate surface area is 112 Å². The second-order valence-electron chi connectivity index (χ2n) is 5.38. The normalized spacial score (nSPS) is 15.4. The fourth-order valence-corrected chi connectivity index (χ4v) is 2.54. The Morgan fingerprint density at radius 2 is 2.00 bits per heavy atom. The molecule has 1 aromatic carbocycles. The molecule has 100 valence electrons. The highest BCUT2D eigenvalue weighted by Crippen LogP contribution is 2.30. The van der Waals surface area contributed by atoms with Crippen molar-refractivity contribution < 1.29 is 0 Å². The van der Waals surface area contributed by atoms with E-state index in [-0.39, 0.29) is 5.69 Å². The number of anilines is 1. The van der Waals surface area contributed by atoms with Gasteiger partial charge in [-0.2, -0.15) is 0 Å². The molecule has 0 aliphatic heterocycles. The number of nitrogen functional groups attached to an aromatic ring is 1. The molecule has 3 rings (SSSR count). The molecule has 0 saturated heterocycles. The van der Waals surface area contributed by atoms with Gasteiger partial charge < -0.3 is 10.7 Å². The van der Waals surface area contributed by atoms with E-state index in [4.69, 9.17) is 5.73 Å². The summed E-state index contributed by atoms with van der Waals surface area (Å²) < 4.78 is 1.65. The van der Waals surface area contributed by atoms with Gasteiger partial charge in [-0.1, -0.05) is 19.3 Å². The van der Waals surface area contributed by atoms with Crippen molar-refractivity contribution in [3.05, 3.63) is 46.6 Å². The Hall–Kier alpha value is -1.97. The molecule has 1 heterocycles.